The minimum atomic E-state index is -4.70. The molecule has 35 heavy (non-hydrogen) atoms. The van der Waals surface area contributed by atoms with Crippen LogP contribution in [0.4, 0.5) is 34.6 Å². The fraction of sp³-hybridized carbons (Fsp3) is 0.333. The monoisotopic (exact) mass is 493 g/mol. The van der Waals surface area contributed by atoms with Crippen LogP contribution < -0.4 is 10.2 Å². The Bertz CT molecular complexity index is 1270. The molecule has 0 unspecified atom stereocenters. The number of aromatic nitrogens is 4. The average Bonchev–Trinajstić information content (AvgIpc) is 3.25. The van der Waals surface area contributed by atoms with E-state index in [0.717, 1.165) is 12.1 Å². The van der Waals surface area contributed by atoms with Crippen LogP contribution in [0, 0.1) is 28.8 Å². The van der Waals surface area contributed by atoms with Crippen molar-refractivity contribution in [1.29, 1.82) is 0 Å². The second-order valence-electron chi connectivity index (χ2n) is 8.01. The zero-order valence-electron chi connectivity index (χ0n) is 18.3. The quantitative estimate of drug-likeness (QED) is 0.325. The van der Waals surface area contributed by atoms with Crippen LogP contribution in [0.5, 0.6) is 0 Å². The van der Waals surface area contributed by atoms with E-state index < -0.39 is 40.0 Å². The summed E-state index contributed by atoms with van der Waals surface area (Å²) in [5.41, 5.74) is -1.31. The predicted octanol–water partition coefficient (Wildman–Crippen LogP) is 3.89. The molecule has 0 aliphatic carbocycles. The third-order valence-corrected chi connectivity index (χ3v) is 5.78. The third kappa shape index (κ3) is 5.05. The van der Waals surface area contributed by atoms with Crippen molar-refractivity contribution in [3.63, 3.8) is 0 Å². The lowest BCUT2D eigenvalue weighted by Crippen LogP contribution is -2.38. The predicted molar refractivity (Wildman–Crippen MR) is 116 cm³/mol. The number of rotatable bonds is 5. The van der Waals surface area contributed by atoms with Crippen LogP contribution in [0.1, 0.15) is 24.2 Å². The first kappa shape index (κ1) is 24.0. The van der Waals surface area contributed by atoms with E-state index in [1.54, 1.807) is 11.8 Å². The summed E-state index contributed by atoms with van der Waals surface area (Å²) >= 11 is 0. The molecule has 1 aliphatic rings. The molecule has 0 atom stereocenters. The van der Waals surface area contributed by atoms with Crippen molar-refractivity contribution in [3.05, 3.63) is 63.7 Å². The van der Waals surface area contributed by atoms with Crippen LogP contribution in [0.15, 0.2) is 36.4 Å². The van der Waals surface area contributed by atoms with Gasteiger partial charge in [-0.1, -0.05) is 0 Å². The van der Waals surface area contributed by atoms with Crippen molar-refractivity contribution in [1.82, 2.24) is 20.2 Å². The maximum atomic E-state index is 14.3. The van der Waals surface area contributed by atoms with Crippen LogP contribution in [0.2, 0.25) is 0 Å². The first-order valence-electron chi connectivity index (χ1n) is 10.5. The number of nitrogens with one attached hydrogen (secondary N) is 1. The van der Waals surface area contributed by atoms with E-state index in [9.17, 15) is 32.5 Å². The molecule has 4 rings (SSSR count). The summed E-state index contributed by atoms with van der Waals surface area (Å²) < 4.78 is 54.6. The highest BCUT2D eigenvalue weighted by Crippen LogP contribution is 2.37. The van der Waals surface area contributed by atoms with Gasteiger partial charge in [-0.3, -0.25) is 14.9 Å². The number of hydrogen-bond acceptors (Lipinski definition) is 7. The van der Waals surface area contributed by atoms with Gasteiger partial charge in [-0.2, -0.15) is 17.9 Å². The number of nitro groups is 1. The number of nitro benzene ring substituents is 1. The van der Waals surface area contributed by atoms with E-state index in [2.05, 4.69) is 20.8 Å². The van der Waals surface area contributed by atoms with Gasteiger partial charge in [0.05, 0.1) is 21.9 Å². The summed E-state index contributed by atoms with van der Waals surface area (Å²) in [4.78, 5) is 24.9. The average molecular weight is 493 g/mol. The zero-order valence-corrected chi connectivity index (χ0v) is 18.3. The summed E-state index contributed by atoms with van der Waals surface area (Å²) in [6.07, 6.45) is -4.15. The molecule has 10 nitrogen and oxygen atoms in total. The Hall–Kier alpha value is -4.10. The topological polar surface area (TPSA) is 119 Å². The Labute approximate surface area is 195 Å². The molecule has 0 spiro atoms. The number of piperidine rings is 1. The molecule has 2 aromatic carbocycles. The van der Waals surface area contributed by atoms with Crippen molar-refractivity contribution in [2.75, 3.05) is 23.3 Å². The molecule has 0 bridgehead atoms. The Morgan fingerprint density at radius 1 is 1.17 bits per heavy atom. The van der Waals surface area contributed by atoms with Gasteiger partial charge in [0.2, 0.25) is 5.91 Å². The number of halogens is 4. The Morgan fingerprint density at radius 3 is 2.49 bits per heavy atom. The van der Waals surface area contributed by atoms with Gasteiger partial charge in [0.15, 0.2) is 5.82 Å². The second-order valence-corrected chi connectivity index (χ2v) is 8.01. The van der Waals surface area contributed by atoms with Gasteiger partial charge in [-0.25, -0.2) is 4.39 Å². The molecular formula is C21H19F4N7O3. The summed E-state index contributed by atoms with van der Waals surface area (Å²) in [5, 5.41) is 25.0. The lowest BCUT2D eigenvalue weighted by atomic mass is 9.95. The van der Waals surface area contributed by atoms with Gasteiger partial charge >= 0.3 is 6.18 Å². The molecule has 3 aromatic rings. The van der Waals surface area contributed by atoms with Crippen LogP contribution in [0.25, 0.3) is 5.69 Å². The number of amides is 1. The standard InChI is InChI=1S/C21H19F4N7O3/c1-12-27-28-29-31(12)15-3-4-16(22)17(11-15)26-20(33)13-6-8-30(9-7-13)18-5-2-14(21(23,24)25)10-19(18)32(34)35/h2-5,10-11,13H,6-9H2,1H3,(H,26,33). The first-order valence-corrected chi connectivity index (χ1v) is 10.5. The number of aryl methyl sites for hydroxylation is 1. The second kappa shape index (κ2) is 9.27. The van der Waals surface area contributed by atoms with Crippen molar-refractivity contribution in [3.8, 4) is 5.69 Å². The first-order chi connectivity index (χ1) is 16.5. The highest BCUT2D eigenvalue weighted by atomic mass is 19.4. The smallest absolute Gasteiger partial charge is 0.366 e. The molecule has 1 amide bonds. The van der Waals surface area contributed by atoms with Crippen LogP contribution in [0.3, 0.4) is 0 Å². The molecular weight excluding hydrogens is 474 g/mol. The van der Waals surface area contributed by atoms with Crippen molar-refractivity contribution in [2.45, 2.75) is 25.9 Å². The van der Waals surface area contributed by atoms with Gasteiger partial charge in [0.25, 0.3) is 5.69 Å². The number of carbonyl (C=O) groups excluding carboxylic acids is 1. The highest BCUT2D eigenvalue weighted by molar-refractivity contribution is 5.93. The number of carbonyl (C=O) groups is 1. The molecule has 1 N–H and O–H groups in total. The minimum absolute atomic E-state index is 0.0526. The van der Waals surface area contributed by atoms with E-state index in [4.69, 9.17) is 0 Å². The van der Waals surface area contributed by atoms with E-state index >= 15 is 0 Å². The molecule has 1 saturated heterocycles. The Balaban J connectivity index is 1.45. The summed E-state index contributed by atoms with van der Waals surface area (Å²) in [6, 6.07) is 6.42. The number of nitrogens with zero attached hydrogens (tertiary/aromatic N) is 6. The molecule has 2 heterocycles. The van der Waals surface area contributed by atoms with Gasteiger partial charge in [-0.15, -0.1) is 5.10 Å². The normalized spacial score (nSPS) is 14.7. The van der Waals surface area contributed by atoms with Crippen molar-refractivity contribution >= 4 is 23.0 Å². The zero-order chi connectivity index (χ0) is 25.3. The SMILES string of the molecule is Cc1nnnn1-c1ccc(F)c(NC(=O)C2CCN(c3ccc(C(F)(F)F)cc3[N+](=O)[O-])CC2)c1. The van der Waals surface area contributed by atoms with E-state index in [1.165, 1.54) is 22.9 Å². The largest absolute Gasteiger partial charge is 0.416 e. The van der Waals surface area contributed by atoms with Gasteiger partial charge in [0, 0.05) is 25.1 Å². The fourth-order valence-electron chi connectivity index (χ4n) is 3.94. The summed E-state index contributed by atoms with van der Waals surface area (Å²) in [6.45, 7) is 2.07. The number of anilines is 2. The summed E-state index contributed by atoms with van der Waals surface area (Å²) in [5.74, 6) is -1.13. The molecule has 184 valence electrons. The molecule has 1 aromatic heterocycles. The fourth-order valence-corrected chi connectivity index (χ4v) is 3.94. The van der Waals surface area contributed by atoms with E-state index in [0.29, 0.717) is 17.6 Å². The lowest BCUT2D eigenvalue weighted by molar-refractivity contribution is -0.384. The lowest BCUT2D eigenvalue weighted by Gasteiger charge is -2.32. The number of alkyl halides is 3. The molecule has 0 radical (unpaired) electrons. The molecule has 1 fully saturated rings. The van der Waals surface area contributed by atoms with Crippen LogP contribution >= 0.6 is 0 Å². The Kier molecular flexibility index (Phi) is 6.37. The molecule has 1 aliphatic heterocycles. The molecule has 14 heteroatoms. The van der Waals surface area contributed by atoms with Gasteiger partial charge < -0.3 is 10.2 Å². The highest BCUT2D eigenvalue weighted by Gasteiger charge is 2.35. The van der Waals surface area contributed by atoms with Crippen LogP contribution in [-0.4, -0.2) is 44.1 Å². The van der Waals surface area contributed by atoms with Crippen molar-refractivity contribution in [2.24, 2.45) is 5.92 Å². The third-order valence-electron chi connectivity index (χ3n) is 5.78. The minimum Gasteiger partial charge on any atom is -0.366 e. The summed E-state index contributed by atoms with van der Waals surface area (Å²) in [7, 11) is 0. The number of benzene rings is 2. The van der Waals surface area contributed by atoms with E-state index in [-0.39, 0.29) is 37.3 Å². The number of tetrazole rings is 1. The van der Waals surface area contributed by atoms with Gasteiger partial charge in [0.1, 0.15) is 11.5 Å². The van der Waals surface area contributed by atoms with E-state index in [1.807, 2.05) is 0 Å². The number of hydrogen-bond donors (Lipinski definition) is 1. The maximum Gasteiger partial charge on any atom is 0.416 e. The molecule has 0 saturated carbocycles. The van der Waals surface area contributed by atoms with Crippen LogP contribution in [-0.2, 0) is 11.0 Å². The van der Waals surface area contributed by atoms with Crippen molar-refractivity contribution < 1.29 is 27.3 Å². The Morgan fingerprint density at radius 2 is 1.89 bits per heavy atom. The van der Waals surface area contributed by atoms with Gasteiger partial charge in [-0.05, 0) is 60.5 Å². The maximum absolute atomic E-state index is 14.3.